The highest BCUT2D eigenvalue weighted by molar-refractivity contribution is 7.89. The lowest BCUT2D eigenvalue weighted by Gasteiger charge is -2.26. The van der Waals surface area contributed by atoms with Crippen LogP contribution >= 0.6 is 11.6 Å². The van der Waals surface area contributed by atoms with E-state index in [0.717, 1.165) is 0 Å². The first-order valence-electron chi connectivity index (χ1n) is 11.7. The van der Waals surface area contributed by atoms with Crippen LogP contribution in [0.5, 0.6) is 5.75 Å². The van der Waals surface area contributed by atoms with E-state index in [4.69, 9.17) is 21.1 Å². The van der Waals surface area contributed by atoms with Crippen molar-refractivity contribution in [1.29, 1.82) is 0 Å². The third-order valence-corrected chi connectivity index (χ3v) is 8.15. The van der Waals surface area contributed by atoms with Crippen molar-refractivity contribution in [3.8, 4) is 5.75 Å². The molecular weight excluding hydrogens is 516 g/mol. The van der Waals surface area contributed by atoms with E-state index in [2.05, 4.69) is 5.32 Å². The fourth-order valence-corrected chi connectivity index (χ4v) is 5.70. The minimum atomic E-state index is -3.69. The van der Waals surface area contributed by atoms with Crippen molar-refractivity contribution in [3.63, 3.8) is 0 Å². The second-order valence-electron chi connectivity index (χ2n) is 8.42. The Hall–Kier alpha value is -3.24. The number of ketones is 1. The quantitative estimate of drug-likeness (QED) is 0.407. The van der Waals surface area contributed by atoms with Gasteiger partial charge in [-0.05, 0) is 48.4 Å². The summed E-state index contributed by atoms with van der Waals surface area (Å²) in [6, 6.07) is 18.1. The zero-order valence-corrected chi connectivity index (χ0v) is 21.8. The van der Waals surface area contributed by atoms with E-state index < -0.39 is 10.0 Å². The molecule has 10 heteroatoms. The van der Waals surface area contributed by atoms with E-state index in [0.29, 0.717) is 40.8 Å². The Labute approximate surface area is 221 Å². The highest BCUT2D eigenvalue weighted by atomic mass is 35.5. The first-order chi connectivity index (χ1) is 17.8. The van der Waals surface area contributed by atoms with Crippen LogP contribution in [0.4, 0.5) is 5.69 Å². The lowest BCUT2D eigenvalue weighted by Crippen LogP contribution is -2.40. The van der Waals surface area contributed by atoms with Gasteiger partial charge in [-0.25, -0.2) is 8.42 Å². The molecule has 4 rings (SSSR count). The lowest BCUT2D eigenvalue weighted by molar-refractivity contribution is -0.116. The number of aryl methyl sites for hydroxylation is 1. The van der Waals surface area contributed by atoms with Crippen LogP contribution in [-0.2, 0) is 26.0 Å². The number of hydrogen-bond acceptors (Lipinski definition) is 6. The molecule has 1 heterocycles. The number of anilines is 1. The predicted molar refractivity (Wildman–Crippen MR) is 141 cm³/mol. The zero-order valence-electron chi connectivity index (χ0n) is 20.3. The highest BCUT2D eigenvalue weighted by Crippen LogP contribution is 2.27. The van der Waals surface area contributed by atoms with Gasteiger partial charge >= 0.3 is 0 Å². The number of benzene rings is 3. The summed E-state index contributed by atoms with van der Waals surface area (Å²) < 4.78 is 38.2. The van der Waals surface area contributed by atoms with Crippen LogP contribution in [0.2, 0.25) is 5.02 Å². The molecule has 194 valence electrons. The summed E-state index contributed by atoms with van der Waals surface area (Å²) in [5.74, 6) is -0.116. The Bertz CT molecular complexity index is 1390. The molecule has 1 aliphatic rings. The third kappa shape index (κ3) is 6.37. The molecule has 0 aliphatic carbocycles. The summed E-state index contributed by atoms with van der Waals surface area (Å²) in [5.41, 5.74) is 1.69. The van der Waals surface area contributed by atoms with Crippen molar-refractivity contribution in [2.24, 2.45) is 0 Å². The molecule has 3 aromatic carbocycles. The summed E-state index contributed by atoms with van der Waals surface area (Å²) in [7, 11) is -2.20. The molecule has 3 aromatic rings. The number of carbonyl (C=O) groups is 2. The zero-order chi connectivity index (χ0) is 26.4. The van der Waals surface area contributed by atoms with Gasteiger partial charge in [0.1, 0.15) is 5.75 Å². The van der Waals surface area contributed by atoms with Crippen molar-refractivity contribution >= 4 is 39.0 Å². The average Bonchev–Trinajstić information content (AvgIpc) is 2.93. The van der Waals surface area contributed by atoms with Crippen molar-refractivity contribution in [1.82, 2.24) is 4.31 Å². The molecule has 37 heavy (non-hydrogen) atoms. The van der Waals surface area contributed by atoms with Gasteiger partial charge in [-0.1, -0.05) is 41.9 Å². The number of nitrogens with zero attached hydrogens (tertiary/aromatic N) is 1. The number of sulfonamides is 1. The number of halogens is 1. The average molecular weight is 543 g/mol. The molecule has 1 aliphatic heterocycles. The summed E-state index contributed by atoms with van der Waals surface area (Å²) in [5, 5.41) is 3.17. The summed E-state index contributed by atoms with van der Waals surface area (Å²) in [6.07, 6.45) is 0.274. The molecule has 1 amide bonds. The number of amides is 1. The minimum Gasteiger partial charge on any atom is -0.496 e. The second kappa shape index (κ2) is 11.9. The molecule has 0 bridgehead atoms. The van der Waals surface area contributed by atoms with E-state index in [9.17, 15) is 18.0 Å². The van der Waals surface area contributed by atoms with Crippen LogP contribution < -0.4 is 10.1 Å². The van der Waals surface area contributed by atoms with Gasteiger partial charge < -0.3 is 14.8 Å². The topological polar surface area (TPSA) is 102 Å². The van der Waals surface area contributed by atoms with E-state index >= 15 is 0 Å². The van der Waals surface area contributed by atoms with E-state index in [1.807, 2.05) is 6.07 Å². The number of methoxy groups -OCH3 is 1. The van der Waals surface area contributed by atoms with Gasteiger partial charge in [0.2, 0.25) is 15.9 Å². The number of hydrogen-bond donors (Lipinski definition) is 1. The SMILES string of the molecule is COc1ccc(S(=O)(=O)N2CCOCC2)cc1CCC(=O)Nc1ccc(Cl)cc1C(=O)c1ccccc1. The van der Waals surface area contributed by atoms with Gasteiger partial charge in [-0.15, -0.1) is 0 Å². The Balaban J connectivity index is 1.50. The van der Waals surface area contributed by atoms with E-state index in [1.54, 1.807) is 48.5 Å². The maximum absolute atomic E-state index is 13.1. The van der Waals surface area contributed by atoms with Crippen LogP contribution in [-0.4, -0.2) is 57.8 Å². The predicted octanol–water partition coefficient (Wildman–Crippen LogP) is 4.17. The molecule has 0 atom stereocenters. The summed E-state index contributed by atoms with van der Waals surface area (Å²) >= 11 is 6.13. The van der Waals surface area contributed by atoms with Gasteiger partial charge in [0.05, 0.1) is 30.9 Å². The molecular formula is C27H27ClN2O6S. The van der Waals surface area contributed by atoms with Crippen molar-refractivity contribution in [2.45, 2.75) is 17.7 Å². The number of rotatable bonds is 9. The Morgan fingerprint density at radius 2 is 1.76 bits per heavy atom. The van der Waals surface area contributed by atoms with Crippen molar-refractivity contribution < 1.29 is 27.5 Å². The van der Waals surface area contributed by atoms with Crippen LogP contribution in [0.25, 0.3) is 0 Å². The standard InChI is InChI=1S/C27H27ClN2O6S/c1-35-25-11-9-22(37(33,34)30-13-15-36-16-14-30)17-20(25)7-12-26(31)29-24-10-8-21(28)18-23(24)27(32)19-5-3-2-4-6-19/h2-6,8-11,17-18H,7,12-16H2,1H3,(H,29,31). The van der Waals surface area contributed by atoms with Crippen molar-refractivity contribution in [3.05, 3.63) is 88.4 Å². The monoisotopic (exact) mass is 542 g/mol. The Morgan fingerprint density at radius 3 is 2.46 bits per heavy atom. The van der Waals surface area contributed by atoms with Crippen molar-refractivity contribution in [2.75, 3.05) is 38.7 Å². The number of carbonyl (C=O) groups excluding carboxylic acids is 2. The first kappa shape index (κ1) is 26.8. The number of nitrogens with one attached hydrogen (secondary N) is 1. The molecule has 1 fully saturated rings. The van der Waals surface area contributed by atoms with Crippen LogP contribution in [0.3, 0.4) is 0 Å². The summed E-state index contributed by atoms with van der Waals surface area (Å²) in [4.78, 5) is 26.0. The molecule has 0 spiro atoms. The maximum atomic E-state index is 13.1. The first-order valence-corrected chi connectivity index (χ1v) is 13.6. The molecule has 0 unspecified atom stereocenters. The molecule has 0 aromatic heterocycles. The Kier molecular flexibility index (Phi) is 8.60. The normalized spacial score (nSPS) is 14.2. The molecule has 0 radical (unpaired) electrons. The number of ether oxygens (including phenoxy) is 2. The maximum Gasteiger partial charge on any atom is 0.243 e. The van der Waals surface area contributed by atoms with Gasteiger partial charge in [0.15, 0.2) is 5.78 Å². The molecule has 0 saturated carbocycles. The highest BCUT2D eigenvalue weighted by Gasteiger charge is 2.27. The van der Waals surface area contributed by atoms with E-state index in [-0.39, 0.29) is 48.1 Å². The van der Waals surface area contributed by atoms with Gasteiger partial charge in [-0.3, -0.25) is 9.59 Å². The van der Waals surface area contributed by atoms with Gasteiger partial charge in [0.25, 0.3) is 0 Å². The minimum absolute atomic E-state index is 0.0407. The lowest BCUT2D eigenvalue weighted by atomic mass is 10.0. The smallest absolute Gasteiger partial charge is 0.243 e. The van der Waals surface area contributed by atoms with Crippen LogP contribution in [0.15, 0.2) is 71.6 Å². The van der Waals surface area contributed by atoms with Crippen LogP contribution in [0.1, 0.15) is 27.9 Å². The fraction of sp³-hybridized carbons (Fsp3) is 0.259. The second-order valence-corrected chi connectivity index (χ2v) is 10.8. The van der Waals surface area contributed by atoms with E-state index in [1.165, 1.54) is 23.5 Å². The number of morpholine rings is 1. The molecule has 1 saturated heterocycles. The molecule has 1 N–H and O–H groups in total. The fourth-order valence-electron chi connectivity index (χ4n) is 4.07. The molecule has 8 nitrogen and oxygen atoms in total. The third-order valence-electron chi connectivity index (χ3n) is 6.02. The Morgan fingerprint density at radius 1 is 1.03 bits per heavy atom. The van der Waals surface area contributed by atoms with Gasteiger partial charge in [-0.2, -0.15) is 4.31 Å². The van der Waals surface area contributed by atoms with Gasteiger partial charge in [0, 0.05) is 35.7 Å². The largest absolute Gasteiger partial charge is 0.496 e. The van der Waals surface area contributed by atoms with Crippen LogP contribution in [0, 0.1) is 0 Å². The summed E-state index contributed by atoms with van der Waals surface area (Å²) in [6.45, 7) is 1.28.